The van der Waals surface area contributed by atoms with E-state index in [0.29, 0.717) is 28.8 Å². The van der Waals surface area contributed by atoms with Gasteiger partial charge in [-0.1, -0.05) is 35.9 Å². The molecule has 1 amide bonds. The Bertz CT molecular complexity index is 1230. The number of ether oxygens (including phenoxy) is 2. The lowest BCUT2D eigenvalue weighted by atomic mass is 10.2. The molecule has 0 aromatic heterocycles. The van der Waals surface area contributed by atoms with E-state index in [9.17, 15) is 13.2 Å². The Morgan fingerprint density at radius 1 is 1.12 bits per heavy atom. The van der Waals surface area contributed by atoms with Crippen LogP contribution in [0.25, 0.3) is 0 Å². The number of amides is 1. The first-order chi connectivity index (χ1) is 15.4. The summed E-state index contributed by atoms with van der Waals surface area (Å²) in [5.74, 6) is -0.144. The molecule has 0 saturated heterocycles. The highest BCUT2D eigenvalue weighted by Crippen LogP contribution is 2.37. The zero-order valence-corrected chi connectivity index (χ0v) is 18.8. The minimum atomic E-state index is -3.95. The number of nitrogens with one attached hydrogen (secondary N) is 1. The molecule has 3 aromatic rings. The number of anilines is 2. The van der Waals surface area contributed by atoms with Gasteiger partial charge in [-0.15, -0.1) is 0 Å². The number of carbonyl (C=O) groups is 1. The van der Waals surface area contributed by atoms with Crippen molar-refractivity contribution >= 4 is 38.9 Å². The van der Waals surface area contributed by atoms with Gasteiger partial charge in [0.2, 0.25) is 0 Å². The average molecular weight is 473 g/mol. The van der Waals surface area contributed by atoms with Crippen LogP contribution in [-0.2, 0) is 26.2 Å². The third-order valence-corrected chi connectivity index (χ3v) is 6.98. The van der Waals surface area contributed by atoms with E-state index in [1.54, 1.807) is 49.6 Å². The van der Waals surface area contributed by atoms with E-state index in [1.165, 1.54) is 28.6 Å². The Balaban J connectivity index is 1.63. The predicted molar refractivity (Wildman–Crippen MR) is 123 cm³/mol. The molecule has 4 rings (SSSR count). The SMILES string of the molecule is COCc1cccc(NC(=O)[C@H]2CN(S(=O)(=O)c3ccc(Cl)cc3)c3ccccc3O2)c1. The molecular weight excluding hydrogens is 452 g/mol. The molecule has 9 heteroatoms. The number of sulfonamides is 1. The maximum absolute atomic E-state index is 13.4. The van der Waals surface area contributed by atoms with Gasteiger partial charge in [-0.25, -0.2) is 8.42 Å². The van der Waals surface area contributed by atoms with Gasteiger partial charge < -0.3 is 14.8 Å². The Labute approximate surface area is 191 Å². The van der Waals surface area contributed by atoms with Crippen molar-refractivity contribution in [3.8, 4) is 5.75 Å². The van der Waals surface area contributed by atoms with Crippen LogP contribution < -0.4 is 14.4 Å². The van der Waals surface area contributed by atoms with Crippen LogP contribution in [0, 0.1) is 0 Å². The molecule has 166 valence electrons. The van der Waals surface area contributed by atoms with Crippen molar-refractivity contribution in [3.63, 3.8) is 0 Å². The number of rotatable bonds is 6. The fraction of sp³-hybridized carbons (Fsp3) is 0.174. The van der Waals surface area contributed by atoms with Gasteiger partial charge in [-0.3, -0.25) is 9.10 Å². The Hall–Kier alpha value is -3.07. The zero-order chi connectivity index (χ0) is 22.7. The van der Waals surface area contributed by atoms with E-state index in [1.807, 2.05) is 6.07 Å². The minimum Gasteiger partial charge on any atom is -0.476 e. The Morgan fingerprint density at radius 2 is 1.88 bits per heavy atom. The first-order valence-corrected chi connectivity index (χ1v) is 11.6. The molecule has 32 heavy (non-hydrogen) atoms. The van der Waals surface area contributed by atoms with E-state index in [4.69, 9.17) is 21.1 Å². The molecule has 0 unspecified atom stereocenters. The average Bonchev–Trinajstić information content (AvgIpc) is 2.79. The number of halogens is 1. The molecule has 1 aliphatic rings. The molecule has 0 bridgehead atoms. The first kappa shape index (κ1) is 22.1. The topological polar surface area (TPSA) is 84.9 Å². The number of para-hydroxylation sites is 2. The molecule has 0 saturated carbocycles. The number of hydrogen-bond donors (Lipinski definition) is 1. The van der Waals surface area contributed by atoms with E-state index in [0.717, 1.165) is 5.56 Å². The van der Waals surface area contributed by atoms with Crippen LogP contribution in [0.15, 0.2) is 77.7 Å². The number of methoxy groups -OCH3 is 1. The quantitative estimate of drug-likeness (QED) is 0.584. The largest absolute Gasteiger partial charge is 0.476 e. The predicted octanol–water partition coefficient (Wildman–Crippen LogP) is 4.08. The lowest BCUT2D eigenvalue weighted by Gasteiger charge is -2.34. The van der Waals surface area contributed by atoms with Gasteiger partial charge in [-0.05, 0) is 54.1 Å². The van der Waals surface area contributed by atoms with E-state index < -0.39 is 22.0 Å². The summed E-state index contributed by atoms with van der Waals surface area (Å²) in [7, 11) is -2.36. The number of fused-ring (bicyclic) bond motifs is 1. The highest BCUT2D eigenvalue weighted by Gasteiger charge is 2.37. The summed E-state index contributed by atoms with van der Waals surface area (Å²) in [6, 6.07) is 19.8. The lowest BCUT2D eigenvalue weighted by Crippen LogP contribution is -2.48. The van der Waals surface area contributed by atoms with Crippen LogP contribution in [0.4, 0.5) is 11.4 Å². The molecule has 7 nitrogen and oxygen atoms in total. The van der Waals surface area contributed by atoms with Gasteiger partial charge in [0.15, 0.2) is 6.10 Å². The highest BCUT2D eigenvalue weighted by molar-refractivity contribution is 7.92. The van der Waals surface area contributed by atoms with Crippen molar-refractivity contribution in [2.24, 2.45) is 0 Å². The summed E-state index contributed by atoms with van der Waals surface area (Å²) >= 11 is 5.91. The van der Waals surface area contributed by atoms with Crippen molar-refractivity contribution in [1.82, 2.24) is 0 Å². The van der Waals surface area contributed by atoms with Crippen molar-refractivity contribution in [2.45, 2.75) is 17.6 Å². The maximum Gasteiger partial charge on any atom is 0.267 e. The van der Waals surface area contributed by atoms with Gasteiger partial charge in [-0.2, -0.15) is 0 Å². The third kappa shape index (κ3) is 4.57. The van der Waals surface area contributed by atoms with E-state index in [-0.39, 0.29) is 11.4 Å². The second-order valence-corrected chi connectivity index (χ2v) is 9.49. The fourth-order valence-corrected chi connectivity index (χ4v) is 5.03. The maximum atomic E-state index is 13.4. The molecule has 0 spiro atoms. The third-order valence-electron chi connectivity index (χ3n) is 4.93. The van der Waals surface area contributed by atoms with Crippen molar-refractivity contribution in [1.29, 1.82) is 0 Å². The first-order valence-electron chi connectivity index (χ1n) is 9.81. The van der Waals surface area contributed by atoms with Crippen LogP contribution >= 0.6 is 11.6 Å². The van der Waals surface area contributed by atoms with E-state index in [2.05, 4.69) is 5.32 Å². The number of benzene rings is 3. The van der Waals surface area contributed by atoms with Crippen molar-refractivity contribution in [3.05, 3.63) is 83.4 Å². The number of nitrogens with zero attached hydrogens (tertiary/aromatic N) is 1. The summed E-state index contributed by atoms with van der Waals surface area (Å²) in [4.78, 5) is 13.1. The van der Waals surface area contributed by atoms with Gasteiger partial charge in [0.05, 0.1) is 23.7 Å². The molecule has 1 N–H and O–H groups in total. The fourth-order valence-electron chi connectivity index (χ4n) is 3.43. The van der Waals surface area contributed by atoms with E-state index >= 15 is 0 Å². The normalized spacial score (nSPS) is 15.6. The van der Waals surface area contributed by atoms with Crippen LogP contribution in [0.1, 0.15) is 5.56 Å². The summed E-state index contributed by atoms with van der Waals surface area (Å²) in [6.07, 6.45) is -1.04. The molecule has 0 fully saturated rings. The molecular formula is C23H21ClN2O5S. The van der Waals surface area contributed by atoms with Crippen molar-refractivity contribution in [2.75, 3.05) is 23.3 Å². The second kappa shape index (κ2) is 9.20. The summed E-state index contributed by atoms with van der Waals surface area (Å²) in [5, 5.41) is 3.23. The second-order valence-electron chi connectivity index (χ2n) is 7.19. The Morgan fingerprint density at radius 3 is 2.62 bits per heavy atom. The van der Waals surface area contributed by atoms with Crippen LogP contribution in [0.5, 0.6) is 5.75 Å². The van der Waals surface area contributed by atoms with Crippen LogP contribution in [-0.4, -0.2) is 34.1 Å². The smallest absolute Gasteiger partial charge is 0.267 e. The van der Waals surface area contributed by atoms with Crippen molar-refractivity contribution < 1.29 is 22.7 Å². The van der Waals surface area contributed by atoms with Crippen LogP contribution in [0.3, 0.4) is 0 Å². The van der Waals surface area contributed by atoms with Gasteiger partial charge in [0.25, 0.3) is 15.9 Å². The summed E-state index contributed by atoms with van der Waals surface area (Å²) in [6.45, 7) is 0.232. The summed E-state index contributed by atoms with van der Waals surface area (Å²) < 4.78 is 39.0. The Kier molecular flexibility index (Phi) is 6.36. The molecule has 3 aromatic carbocycles. The monoisotopic (exact) mass is 472 g/mol. The molecule has 1 heterocycles. The molecule has 1 atom stereocenters. The van der Waals surface area contributed by atoms with Gasteiger partial charge in [0.1, 0.15) is 5.75 Å². The van der Waals surface area contributed by atoms with Crippen LogP contribution in [0.2, 0.25) is 5.02 Å². The summed E-state index contributed by atoms with van der Waals surface area (Å²) in [5.41, 5.74) is 1.83. The van der Waals surface area contributed by atoms with Gasteiger partial charge in [0, 0.05) is 17.8 Å². The minimum absolute atomic E-state index is 0.0741. The standard InChI is InChI=1S/C23H21ClN2O5S/c1-30-15-16-5-4-6-18(13-16)25-23(27)22-14-26(20-7-2-3-8-21(20)31-22)32(28,29)19-11-9-17(24)10-12-19/h2-13,22H,14-15H2,1H3,(H,25,27)/t22-/m1/s1. The molecule has 1 aliphatic heterocycles. The molecule has 0 aliphatic carbocycles. The molecule has 0 radical (unpaired) electrons. The number of carbonyl (C=O) groups excluding carboxylic acids is 1. The highest BCUT2D eigenvalue weighted by atomic mass is 35.5. The van der Waals surface area contributed by atoms with Gasteiger partial charge >= 0.3 is 0 Å². The number of hydrogen-bond acceptors (Lipinski definition) is 5. The lowest BCUT2D eigenvalue weighted by molar-refractivity contribution is -0.122. The zero-order valence-electron chi connectivity index (χ0n) is 17.2.